The first-order valence-electron chi connectivity index (χ1n) is 3.95. The van der Waals surface area contributed by atoms with E-state index in [9.17, 15) is 0 Å². The number of nitrogens with zero attached hydrogens (tertiary/aromatic N) is 2. The fourth-order valence-electron chi connectivity index (χ4n) is 1.34. The highest BCUT2D eigenvalue weighted by Gasteiger charge is 2.05. The molecule has 0 aromatic carbocycles. The number of aliphatic hydroxyl groups is 1. The van der Waals surface area contributed by atoms with E-state index >= 15 is 0 Å². The Morgan fingerprint density at radius 1 is 1.62 bits per heavy atom. The van der Waals surface area contributed by atoms with Gasteiger partial charge in [-0.1, -0.05) is 0 Å². The molecule has 2 rings (SSSR count). The molecule has 0 fully saturated rings. The summed E-state index contributed by atoms with van der Waals surface area (Å²) in [7, 11) is 0. The maximum atomic E-state index is 9.03. The summed E-state index contributed by atoms with van der Waals surface area (Å²) in [5, 5.41) is 9.03. The number of aryl methyl sites for hydroxylation is 1. The molecule has 0 amide bonds. The Hall–Kier alpha value is -0.870. The maximum Gasteiger partial charge on any atom is 0.151 e. The Morgan fingerprint density at radius 2 is 2.38 bits per heavy atom. The highest BCUT2D eigenvalue weighted by atomic mass is 79.9. The quantitative estimate of drug-likeness (QED) is 0.827. The van der Waals surface area contributed by atoms with Gasteiger partial charge < -0.3 is 9.51 Å². The third-order valence-corrected chi connectivity index (χ3v) is 2.52. The summed E-state index contributed by atoms with van der Waals surface area (Å²) in [6, 6.07) is 2.00. The molecule has 68 valence electrons. The second-order valence-electron chi connectivity index (χ2n) is 2.97. The van der Waals surface area contributed by atoms with Crippen molar-refractivity contribution in [1.82, 2.24) is 9.38 Å². The molecule has 0 unspecified atom stereocenters. The minimum atomic E-state index is 0.0110. The van der Waals surface area contributed by atoms with E-state index in [1.54, 1.807) is 6.20 Å². The normalized spacial score (nSPS) is 11.0. The third kappa shape index (κ3) is 1.36. The molecule has 0 saturated heterocycles. The van der Waals surface area contributed by atoms with Crippen molar-refractivity contribution in [3.05, 3.63) is 34.2 Å². The van der Waals surface area contributed by atoms with E-state index in [0.717, 1.165) is 21.4 Å². The van der Waals surface area contributed by atoms with Crippen LogP contribution in [-0.4, -0.2) is 14.5 Å². The molecule has 2 aromatic heterocycles. The van der Waals surface area contributed by atoms with Crippen molar-refractivity contribution in [3.8, 4) is 0 Å². The van der Waals surface area contributed by atoms with Gasteiger partial charge in [-0.2, -0.15) is 0 Å². The minimum Gasteiger partial charge on any atom is -0.390 e. The lowest BCUT2D eigenvalue weighted by Crippen LogP contribution is -1.93. The van der Waals surface area contributed by atoms with Crippen LogP contribution in [0, 0.1) is 6.92 Å². The zero-order valence-corrected chi connectivity index (χ0v) is 8.74. The molecule has 0 radical (unpaired) electrons. The summed E-state index contributed by atoms with van der Waals surface area (Å²) in [5.41, 5.74) is 2.78. The summed E-state index contributed by atoms with van der Waals surface area (Å²) in [6.07, 6.45) is 3.64. The molecule has 0 aliphatic carbocycles. The zero-order valence-electron chi connectivity index (χ0n) is 7.16. The van der Waals surface area contributed by atoms with Gasteiger partial charge >= 0.3 is 0 Å². The van der Waals surface area contributed by atoms with Crippen molar-refractivity contribution in [2.24, 2.45) is 0 Å². The lowest BCUT2D eigenvalue weighted by atomic mass is 10.3. The first-order valence-corrected chi connectivity index (χ1v) is 4.74. The molecule has 0 bridgehead atoms. The van der Waals surface area contributed by atoms with Crippen LogP contribution in [0.4, 0.5) is 0 Å². The second kappa shape index (κ2) is 3.12. The van der Waals surface area contributed by atoms with Crippen LogP contribution in [0.5, 0.6) is 0 Å². The van der Waals surface area contributed by atoms with Gasteiger partial charge in [0.25, 0.3) is 0 Å². The highest BCUT2D eigenvalue weighted by Crippen LogP contribution is 2.19. The van der Waals surface area contributed by atoms with Crippen LogP contribution < -0.4 is 0 Å². The van der Waals surface area contributed by atoms with Gasteiger partial charge in [0.05, 0.1) is 23.0 Å². The van der Waals surface area contributed by atoms with Crippen molar-refractivity contribution >= 4 is 21.6 Å². The predicted molar refractivity (Wildman–Crippen MR) is 53.6 cm³/mol. The van der Waals surface area contributed by atoms with E-state index in [-0.39, 0.29) is 6.61 Å². The number of aromatic nitrogens is 2. The van der Waals surface area contributed by atoms with Crippen LogP contribution in [-0.2, 0) is 6.61 Å². The van der Waals surface area contributed by atoms with Crippen molar-refractivity contribution < 1.29 is 5.11 Å². The Bertz CT molecular complexity index is 450. The number of rotatable bonds is 1. The van der Waals surface area contributed by atoms with Crippen LogP contribution in [0.2, 0.25) is 0 Å². The molecular weight excluding hydrogens is 232 g/mol. The summed E-state index contributed by atoms with van der Waals surface area (Å²) in [4.78, 5) is 4.19. The number of aliphatic hydroxyl groups excluding tert-OH is 1. The predicted octanol–water partition coefficient (Wildman–Crippen LogP) is 1.90. The van der Waals surface area contributed by atoms with Crippen LogP contribution in [0.15, 0.2) is 22.9 Å². The van der Waals surface area contributed by atoms with Gasteiger partial charge in [-0.05, 0) is 34.5 Å². The smallest absolute Gasteiger partial charge is 0.151 e. The summed E-state index contributed by atoms with van der Waals surface area (Å²) < 4.78 is 2.84. The molecule has 2 heterocycles. The monoisotopic (exact) mass is 240 g/mol. The SMILES string of the molecule is Cc1cc(Br)c2ncc(CO)n2c1. The topological polar surface area (TPSA) is 37.5 Å². The molecule has 0 spiro atoms. The minimum absolute atomic E-state index is 0.0110. The van der Waals surface area contributed by atoms with Crippen molar-refractivity contribution in [1.29, 1.82) is 0 Å². The molecule has 2 aromatic rings. The first-order chi connectivity index (χ1) is 6.22. The molecule has 13 heavy (non-hydrogen) atoms. The number of fused-ring (bicyclic) bond motifs is 1. The second-order valence-corrected chi connectivity index (χ2v) is 3.82. The highest BCUT2D eigenvalue weighted by molar-refractivity contribution is 9.10. The molecule has 4 heteroatoms. The Morgan fingerprint density at radius 3 is 3.08 bits per heavy atom. The molecular formula is C9H9BrN2O. The van der Waals surface area contributed by atoms with E-state index in [1.807, 2.05) is 23.6 Å². The van der Waals surface area contributed by atoms with Crippen LogP contribution in [0.1, 0.15) is 11.3 Å². The third-order valence-electron chi connectivity index (χ3n) is 1.94. The van der Waals surface area contributed by atoms with E-state index in [1.165, 1.54) is 0 Å². The average molecular weight is 241 g/mol. The number of pyridine rings is 1. The first kappa shape index (κ1) is 8.72. The molecule has 0 saturated carbocycles. The van der Waals surface area contributed by atoms with Gasteiger partial charge in [0, 0.05) is 6.20 Å². The average Bonchev–Trinajstić information content (AvgIpc) is 2.47. The Balaban J connectivity index is 2.82. The summed E-state index contributed by atoms with van der Waals surface area (Å²) >= 11 is 3.43. The van der Waals surface area contributed by atoms with Crippen LogP contribution in [0.25, 0.3) is 5.65 Å². The van der Waals surface area contributed by atoms with Gasteiger partial charge in [0.1, 0.15) is 0 Å². The van der Waals surface area contributed by atoms with Gasteiger partial charge in [-0.15, -0.1) is 0 Å². The lowest BCUT2D eigenvalue weighted by Gasteiger charge is -2.01. The molecule has 1 N–H and O–H groups in total. The number of hydrogen-bond acceptors (Lipinski definition) is 2. The van der Waals surface area contributed by atoms with Gasteiger partial charge in [0.15, 0.2) is 5.65 Å². The van der Waals surface area contributed by atoms with E-state index in [4.69, 9.17) is 5.11 Å². The van der Waals surface area contributed by atoms with Crippen LogP contribution in [0.3, 0.4) is 0 Å². The fourth-order valence-corrected chi connectivity index (χ4v) is 1.99. The van der Waals surface area contributed by atoms with Crippen LogP contribution >= 0.6 is 15.9 Å². The standard InChI is InChI=1S/C9H9BrN2O/c1-6-2-8(10)9-11-3-7(5-13)12(9)4-6/h2-4,13H,5H2,1H3. The van der Waals surface area contributed by atoms with E-state index in [2.05, 4.69) is 20.9 Å². The Labute approximate surface area is 84.2 Å². The number of halogens is 1. The zero-order chi connectivity index (χ0) is 9.42. The fraction of sp³-hybridized carbons (Fsp3) is 0.222. The lowest BCUT2D eigenvalue weighted by molar-refractivity contribution is 0.276. The van der Waals surface area contributed by atoms with Gasteiger partial charge in [-0.25, -0.2) is 4.98 Å². The molecule has 0 aliphatic rings. The molecule has 0 atom stereocenters. The maximum absolute atomic E-state index is 9.03. The largest absolute Gasteiger partial charge is 0.390 e. The summed E-state index contributed by atoms with van der Waals surface area (Å²) in [6.45, 7) is 2.02. The van der Waals surface area contributed by atoms with Crippen molar-refractivity contribution in [2.45, 2.75) is 13.5 Å². The van der Waals surface area contributed by atoms with Crippen molar-refractivity contribution in [2.75, 3.05) is 0 Å². The van der Waals surface area contributed by atoms with E-state index < -0.39 is 0 Å². The van der Waals surface area contributed by atoms with Gasteiger partial charge in [-0.3, -0.25) is 0 Å². The molecule has 3 nitrogen and oxygen atoms in total. The Kier molecular flexibility index (Phi) is 2.09. The number of imidazole rings is 1. The van der Waals surface area contributed by atoms with Crippen molar-refractivity contribution in [3.63, 3.8) is 0 Å². The number of hydrogen-bond donors (Lipinski definition) is 1. The summed E-state index contributed by atoms with van der Waals surface area (Å²) in [5.74, 6) is 0. The molecule has 0 aliphatic heterocycles. The van der Waals surface area contributed by atoms with E-state index in [0.29, 0.717) is 0 Å². The van der Waals surface area contributed by atoms with Gasteiger partial charge in [0.2, 0.25) is 0 Å².